The highest BCUT2D eigenvalue weighted by atomic mass is 19.1. The van der Waals surface area contributed by atoms with Gasteiger partial charge in [0.05, 0.1) is 5.56 Å². The fourth-order valence-corrected chi connectivity index (χ4v) is 1.82. The van der Waals surface area contributed by atoms with Gasteiger partial charge in [0.2, 0.25) is 0 Å². The zero-order chi connectivity index (χ0) is 14.0. The molecule has 19 heavy (non-hydrogen) atoms. The SMILES string of the molecule is Cc1ccc(NC(=O)c2ccc(F)cc2F)c(C)c1. The van der Waals surface area contributed by atoms with Gasteiger partial charge in [-0.3, -0.25) is 4.79 Å². The molecular formula is C15H13F2NO. The molecule has 0 aliphatic rings. The highest BCUT2D eigenvalue weighted by Gasteiger charge is 2.13. The van der Waals surface area contributed by atoms with E-state index in [0.717, 1.165) is 23.3 Å². The van der Waals surface area contributed by atoms with Crippen LogP contribution >= 0.6 is 0 Å². The number of rotatable bonds is 2. The van der Waals surface area contributed by atoms with Crippen LogP contribution in [0.3, 0.4) is 0 Å². The maximum absolute atomic E-state index is 13.5. The number of aryl methyl sites for hydroxylation is 2. The van der Waals surface area contributed by atoms with Crippen molar-refractivity contribution in [3.8, 4) is 0 Å². The van der Waals surface area contributed by atoms with Gasteiger partial charge in [0.15, 0.2) is 0 Å². The molecular weight excluding hydrogens is 248 g/mol. The Morgan fingerprint density at radius 3 is 2.42 bits per heavy atom. The molecule has 2 nitrogen and oxygen atoms in total. The van der Waals surface area contributed by atoms with Crippen molar-refractivity contribution in [1.82, 2.24) is 0 Å². The molecule has 0 heterocycles. The third-order valence-electron chi connectivity index (χ3n) is 2.81. The standard InChI is InChI=1S/C15H13F2NO/c1-9-3-6-14(10(2)7-9)18-15(19)12-5-4-11(16)8-13(12)17/h3-8H,1-2H3,(H,18,19). The molecule has 0 saturated carbocycles. The number of amides is 1. The highest BCUT2D eigenvalue weighted by molar-refractivity contribution is 6.04. The molecule has 0 aromatic heterocycles. The molecule has 0 atom stereocenters. The lowest BCUT2D eigenvalue weighted by Crippen LogP contribution is -2.14. The molecule has 0 saturated heterocycles. The third kappa shape index (κ3) is 2.96. The first-order valence-electron chi connectivity index (χ1n) is 5.81. The summed E-state index contributed by atoms with van der Waals surface area (Å²) in [6, 6.07) is 8.39. The van der Waals surface area contributed by atoms with Crippen molar-refractivity contribution < 1.29 is 13.6 Å². The Hall–Kier alpha value is -2.23. The van der Waals surface area contributed by atoms with E-state index in [1.54, 1.807) is 6.07 Å². The number of nitrogens with one attached hydrogen (secondary N) is 1. The zero-order valence-electron chi connectivity index (χ0n) is 10.6. The first kappa shape index (κ1) is 13.2. The molecule has 1 N–H and O–H groups in total. The predicted molar refractivity (Wildman–Crippen MR) is 70.2 cm³/mol. The van der Waals surface area contributed by atoms with E-state index >= 15 is 0 Å². The van der Waals surface area contributed by atoms with E-state index in [1.165, 1.54) is 0 Å². The molecule has 0 unspecified atom stereocenters. The van der Waals surface area contributed by atoms with Gasteiger partial charge in [0, 0.05) is 11.8 Å². The number of halogens is 2. The Balaban J connectivity index is 2.25. The van der Waals surface area contributed by atoms with Crippen LogP contribution in [0.2, 0.25) is 0 Å². The zero-order valence-corrected chi connectivity index (χ0v) is 10.6. The van der Waals surface area contributed by atoms with Crippen LogP contribution in [0.4, 0.5) is 14.5 Å². The summed E-state index contributed by atoms with van der Waals surface area (Å²) in [7, 11) is 0. The van der Waals surface area contributed by atoms with E-state index in [1.807, 2.05) is 26.0 Å². The number of carbonyl (C=O) groups excluding carboxylic acids is 1. The maximum Gasteiger partial charge on any atom is 0.258 e. The van der Waals surface area contributed by atoms with Crippen molar-refractivity contribution in [2.24, 2.45) is 0 Å². The largest absolute Gasteiger partial charge is 0.322 e. The molecule has 2 rings (SSSR count). The third-order valence-corrected chi connectivity index (χ3v) is 2.81. The Kier molecular flexibility index (Phi) is 3.60. The van der Waals surface area contributed by atoms with Crippen molar-refractivity contribution in [1.29, 1.82) is 0 Å². The minimum Gasteiger partial charge on any atom is -0.322 e. The molecule has 0 aliphatic carbocycles. The number of carbonyl (C=O) groups is 1. The van der Waals surface area contributed by atoms with E-state index in [2.05, 4.69) is 5.32 Å². The molecule has 1 amide bonds. The minimum absolute atomic E-state index is 0.179. The summed E-state index contributed by atoms with van der Waals surface area (Å²) in [4.78, 5) is 11.9. The van der Waals surface area contributed by atoms with Gasteiger partial charge in [-0.15, -0.1) is 0 Å². The Labute approximate surface area is 110 Å². The lowest BCUT2D eigenvalue weighted by molar-refractivity contribution is 0.102. The van der Waals surface area contributed by atoms with Gasteiger partial charge in [-0.2, -0.15) is 0 Å². The summed E-state index contributed by atoms with van der Waals surface area (Å²) in [6.07, 6.45) is 0. The molecule has 2 aromatic carbocycles. The summed E-state index contributed by atoms with van der Waals surface area (Å²) < 4.78 is 26.2. The molecule has 0 spiro atoms. The van der Waals surface area contributed by atoms with Crippen LogP contribution in [0.1, 0.15) is 21.5 Å². The number of benzene rings is 2. The second-order valence-corrected chi connectivity index (χ2v) is 4.40. The van der Waals surface area contributed by atoms with E-state index in [9.17, 15) is 13.6 Å². The molecule has 0 fully saturated rings. The quantitative estimate of drug-likeness (QED) is 0.874. The van der Waals surface area contributed by atoms with Crippen LogP contribution in [0.15, 0.2) is 36.4 Å². The number of anilines is 1. The van der Waals surface area contributed by atoms with Crippen molar-refractivity contribution in [2.75, 3.05) is 5.32 Å². The van der Waals surface area contributed by atoms with Crippen molar-refractivity contribution in [3.05, 3.63) is 64.7 Å². The Morgan fingerprint density at radius 1 is 1.05 bits per heavy atom. The van der Waals surface area contributed by atoms with E-state index in [4.69, 9.17) is 0 Å². The minimum atomic E-state index is -0.873. The fraction of sp³-hybridized carbons (Fsp3) is 0.133. The fourth-order valence-electron chi connectivity index (χ4n) is 1.82. The highest BCUT2D eigenvalue weighted by Crippen LogP contribution is 2.18. The lowest BCUT2D eigenvalue weighted by Gasteiger charge is -2.09. The van der Waals surface area contributed by atoms with Crippen molar-refractivity contribution in [2.45, 2.75) is 13.8 Å². The summed E-state index contributed by atoms with van der Waals surface area (Å²) in [5.74, 6) is -2.17. The second kappa shape index (κ2) is 5.18. The van der Waals surface area contributed by atoms with Gasteiger partial charge < -0.3 is 5.32 Å². The topological polar surface area (TPSA) is 29.1 Å². The Bertz CT molecular complexity index is 638. The molecule has 2 aromatic rings. The normalized spacial score (nSPS) is 10.3. The molecule has 0 aliphatic heterocycles. The average Bonchev–Trinajstić information content (AvgIpc) is 2.32. The second-order valence-electron chi connectivity index (χ2n) is 4.40. The number of hydrogen-bond donors (Lipinski definition) is 1. The van der Waals surface area contributed by atoms with Gasteiger partial charge >= 0.3 is 0 Å². The number of hydrogen-bond acceptors (Lipinski definition) is 1. The van der Waals surface area contributed by atoms with Crippen LogP contribution in [-0.2, 0) is 0 Å². The molecule has 0 radical (unpaired) electrons. The lowest BCUT2D eigenvalue weighted by atomic mass is 10.1. The van der Waals surface area contributed by atoms with Gasteiger partial charge in [0.1, 0.15) is 11.6 Å². The van der Waals surface area contributed by atoms with Gasteiger partial charge in [0.25, 0.3) is 5.91 Å². The first-order valence-corrected chi connectivity index (χ1v) is 5.81. The van der Waals surface area contributed by atoms with Crippen LogP contribution in [0.25, 0.3) is 0 Å². The van der Waals surface area contributed by atoms with Crippen LogP contribution in [0, 0.1) is 25.5 Å². The average molecular weight is 261 g/mol. The smallest absolute Gasteiger partial charge is 0.258 e. The van der Waals surface area contributed by atoms with E-state index < -0.39 is 17.5 Å². The van der Waals surface area contributed by atoms with Crippen molar-refractivity contribution in [3.63, 3.8) is 0 Å². The maximum atomic E-state index is 13.5. The van der Waals surface area contributed by atoms with E-state index in [-0.39, 0.29) is 5.56 Å². The van der Waals surface area contributed by atoms with E-state index in [0.29, 0.717) is 11.8 Å². The van der Waals surface area contributed by atoms with Crippen LogP contribution in [0.5, 0.6) is 0 Å². The molecule has 4 heteroatoms. The summed E-state index contributed by atoms with van der Waals surface area (Å²) in [6.45, 7) is 3.79. The monoisotopic (exact) mass is 261 g/mol. The molecule has 0 bridgehead atoms. The summed E-state index contributed by atoms with van der Waals surface area (Å²) in [5.41, 5.74) is 2.39. The summed E-state index contributed by atoms with van der Waals surface area (Å²) >= 11 is 0. The van der Waals surface area contributed by atoms with Gasteiger partial charge in [-0.05, 0) is 37.6 Å². The summed E-state index contributed by atoms with van der Waals surface area (Å²) in [5, 5.41) is 2.61. The molecule has 98 valence electrons. The van der Waals surface area contributed by atoms with Crippen molar-refractivity contribution >= 4 is 11.6 Å². The van der Waals surface area contributed by atoms with Crippen LogP contribution < -0.4 is 5.32 Å². The predicted octanol–water partition coefficient (Wildman–Crippen LogP) is 3.83. The first-order chi connectivity index (χ1) is 8.97. The van der Waals surface area contributed by atoms with Gasteiger partial charge in [-0.25, -0.2) is 8.78 Å². The van der Waals surface area contributed by atoms with Gasteiger partial charge in [-0.1, -0.05) is 17.7 Å². The van der Waals surface area contributed by atoms with Crippen LogP contribution in [-0.4, -0.2) is 5.91 Å². The Morgan fingerprint density at radius 2 is 1.79 bits per heavy atom.